The Hall–Kier alpha value is -3.57. The molecule has 0 aliphatic rings. The van der Waals surface area contributed by atoms with Crippen molar-refractivity contribution in [3.63, 3.8) is 0 Å². The van der Waals surface area contributed by atoms with Gasteiger partial charge >= 0.3 is 6.18 Å². The lowest BCUT2D eigenvalue weighted by Gasteiger charge is -2.33. The van der Waals surface area contributed by atoms with E-state index in [0.29, 0.717) is 22.5 Å². The maximum atomic E-state index is 14.1. The van der Waals surface area contributed by atoms with Gasteiger partial charge in [-0.25, -0.2) is 8.42 Å². The predicted octanol–water partition coefficient (Wildman–Crippen LogP) is 6.44. The Morgan fingerprint density at radius 3 is 2.16 bits per heavy atom. The van der Waals surface area contributed by atoms with Crippen molar-refractivity contribution in [2.45, 2.75) is 57.8 Å². The number of hydrogen-bond acceptors (Lipinski definition) is 4. The van der Waals surface area contributed by atoms with Gasteiger partial charge in [-0.3, -0.25) is 13.9 Å². The number of amides is 2. The summed E-state index contributed by atoms with van der Waals surface area (Å²) in [5.74, 6) is -1.04. The van der Waals surface area contributed by atoms with Gasteiger partial charge in [0.05, 0.1) is 21.2 Å². The molecule has 0 bridgehead atoms. The summed E-state index contributed by atoms with van der Waals surface area (Å²) in [6.07, 6.45) is -4.66. The largest absolute Gasteiger partial charge is 0.417 e. The van der Waals surface area contributed by atoms with E-state index in [4.69, 9.17) is 11.6 Å². The summed E-state index contributed by atoms with van der Waals surface area (Å²) >= 11 is 5.81. The highest BCUT2D eigenvalue weighted by atomic mass is 35.5. The van der Waals surface area contributed by atoms with Gasteiger partial charge in [0.25, 0.3) is 10.0 Å². The smallest absolute Gasteiger partial charge is 0.354 e. The fraction of sp³-hybridized carbons (Fsp3) is 0.355. The minimum Gasteiger partial charge on any atom is -0.354 e. The molecule has 2 amide bonds. The summed E-state index contributed by atoms with van der Waals surface area (Å²) in [4.78, 5) is 28.4. The van der Waals surface area contributed by atoms with Gasteiger partial charge < -0.3 is 10.2 Å². The van der Waals surface area contributed by atoms with E-state index in [-0.39, 0.29) is 23.8 Å². The van der Waals surface area contributed by atoms with Gasteiger partial charge in [0.1, 0.15) is 12.6 Å². The molecule has 3 aromatic carbocycles. The van der Waals surface area contributed by atoms with E-state index in [9.17, 15) is 31.2 Å². The molecule has 1 N–H and O–H groups in total. The van der Waals surface area contributed by atoms with E-state index >= 15 is 0 Å². The SMILES string of the molecule is CCC(C(=O)NCC(C)C)N(Cc1ccc(C)cc1)C(=O)CN(c1ccc(Cl)c(C(F)(F)F)c1)S(=O)(=O)c1ccccc1. The fourth-order valence-corrected chi connectivity index (χ4v) is 6.02. The first-order valence-electron chi connectivity index (χ1n) is 13.7. The first-order valence-corrected chi connectivity index (χ1v) is 15.5. The number of nitrogens with one attached hydrogen (secondary N) is 1. The Balaban J connectivity index is 2.12. The number of nitrogens with zero attached hydrogens (tertiary/aromatic N) is 2. The Morgan fingerprint density at radius 2 is 1.60 bits per heavy atom. The van der Waals surface area contributed by atoms with Crippen molar-refractivity contribution in [2.24, 2.45) is 5.92 Å². The molecule has 12 heteroatoms. The predicted molar refractivity (Wildman–Crippen MR) is 161 cm³/mol. The lowest BCUT2D eigenvalue weighted by atomic mass is 10.1. The van der Waals surface area contributed by atoms with Gasteiger partial charge in [0.15, 0.2) is 0 Å². The van der Waals surface area contributed by atoms with Crippen LogP contribution in [0.5, 0.6) is 0 Å². The van der Waals surface area contributed by atoms with Crippen LogP contribution < -0.4 is 9.62 Å². The van der Waals surface area contributed by atoms with Crippen LogP contribution >= 0.6 is 11.6 Å². The van der Waals surface area contributed by atoms with Crippen molar-refractivity contribution in [1.29, 1.82) is 0 Å². The number of anilines is 1. The van der Waals surface area contributed by atoms with E-state index in [1.54, 1.807) is 25.1 Å². The van der Waals surface area contributed by atoms with Crippen LogP contribution in [0.3, 0.4) is 0 Å². The number of aryl methyl sites for hydroxylation is 1. The highest BCUT2D eigenvalue weighted by molar-refractivity contribution is 7.92. The summed E-state index contributed by atoms with van der Waals surface area (Å²) in [5.41, 5.74) is 0.0222. The monoisotopic (exact) mass is 637 g/mol. The first-order chi connectivity index (χ1) is 20.1. The Labute approximate surface area is 255 Å². The summed E-state index contributed by atoms with van der Waals surface area (Å²) in [5, 5.41) is 2.21. The van der Waals surface area contributed by atoms with Gasteiger partial charge in [0.2, 0.25) is 11.8 Å². The molecule has 0 aliphatic carbocycles. The molecular formula is C31H35ClF3N3O4S. The highest BCUT2D eigenvalue weighted by Crippen LogP contribution is 2.38. The van der Waals surface area contributed by atoms with Gasteiger partial charge in [-0.05, 0) is 55.2 Å². The van der Waals surface area contributed by atoms with Crippen molar-refractivity contribution < 1.29 is 31.2 Å². The number of rotatable bonds is 12. The molecule has 7 nitrogen and oxygen atoms in total. The second kappa shape index (κ2) is 14.3. The van der Waals surface area contributed by atoms with Crippen LogP contribution in [0.4, 0.5) is 18.9 Å². The molecule has 0 aliphatic heterocycles. The number of benzene rings is 3. The average molecular weight is 638 g/mol. The standard InChI is InChI=1S/C31H35ClF3N3O4S/c1-5-28(30(40)36-18-21(2)3)37(19-23-13-11-22(4)12-14-23)29(39)20-38(43(41,42)25-9-7-6-8-10-25)24-15-16-27(32)26(17-24)31(33,34)35/h6-17,21,28H,5,18-20H2,1-4H3,(H,36,40). The number of sulfonamides is 1. The van der Waals surface area contributed by atoms with E-state index in [0.717, 1.165) is 17.7 Å². The van der Waals surface area contributed by atoms with E-state index < -0.39 is 56.9 Å². The molecule has 0 aromatic heterocycles. The lowest BCUT2D eigenvalue weighted by molar-refractivity contribution is -0.140. The Morgan fingerprint density at radius 1 is 0.977 bits per heavy atom. The number of hydrogen-bond donors (Lipinski definition) is 1. The van der Waals surface area contributed by atoms with Crippen LogP contribution in [0.1, 0.15) is 43.9 Å². The number of halogens is 4. The molecule has 43 heavy (non-hydrogen) atoms. The zero-order valence-corrected chi connectivity index (χ0v) is 25.9. The zero-order valence-electron chi connectivity index (χ0n) is 24.4. The van der Waals surface area contributed by atoms with E-state index in [1.165, 1.54) is 29.2 Å². The van der Waals surface area contributed by atoms with E-state index in [2.05, 4.69) is 5.32 Å². The Bertz CT molecular complexity index is 1520. The van der Waals surface area contributed by atoms with Gasteiger partial charge in [0, 0.05) is 13.1 Å². The minimum atomic E-state index is -4.88. The number of alkyl halides is 3. The summed E-state index contributed by atoms with van der Waals surface area (Å²) in [6, 6.07) is 16.0. The van der Waals surface area contributed by atoms with Crippen LogP contribution in [0.15, 0.2) is 77.7 Å². The third kappa shape index (κ3) is 8.73. The van der Waals surface area contributed by atoms with E-state index in [1.807, 2.05) is 32.9 Å². The third-order valence-corrected chi connectivity index (χ3v) is 8.82. The van der Waals surface area contributed by atoms with Crippen LogP contribution in [-0.2, 0) is 32.3 Å². The Kier molecular flexibility index (Phi) is 11.3. The van der Waals surface area contributed by atoms with Crippen LogP contribution in [-0.4, -0.2) is 44.3 Å². The first kappa shape index (κ1) is 33.9. The number of carbonyl (C=O) groups excluding carboxylic acids is 2. The molecule has 232 valence electrons. The quantitative estimate of drug-likeness (QED) is 0.248. The topological polar surface area (TPSA) is 86.8 Å². The summed E-state index contributed by atoms with van der Waals surface area (Å²) in [6.45, 7) is 6.93. The number of carbonyl (C=O) groups is 2. The summed E-state index contributed by atoms with van der Waals surface area (Å²) < 4.78 is 69.6. The zero-order chi connectivity index (χ0) is 31.9. The molecular weight excluding hydrogens is 603 g/mol. The van der Waals surface area contributed by atoms with Crippen molar-refractivity contribution in [1.82, 2.24) is 10.2 Å². The molecule has 0 saturated heterocycles. The average Bonchev–Trinajstić information content (AvgIpc) is 2.95. The van der Waals surface area contributed by atoms with Crippen molar-refractivity contribution >= 4 is 39.1 Å². The molecule has 0 spiro atoms. The second-order valence-corrected chi connectivity index (χ2v) is 12.8. The highest BCUT2D eigenvalue weighted by Gasteiger charge is 2.37. The fourth-order valence-electron chi connectivity index (χ4n) is 4.37. The molecule has 0 heterocycles. The van der Waals surface area contributed by atoms with Crippen LogP contribution in [0.2, 0.25) is 5.02 Å². The van der Waals surface area contributed by atoms with Crippen molar-refractivity contribution in [2.75, 3.05) is 17.4 Å². The van der Waals surface area contributed by atoms with Crippen LogP contribution in [0, 0.1) is 12.8 Å². The van der Waals surface area contributed by atoms with Crippen LogP contribution in [0.25, 0.3) is 0 Å². The van der Waals surface area contributed by atoms with Gasteiger partial charge in [-0.1, -0.05) is 80.4 Å². The molecule has 3 aromatic rings. The normalized spacial score (nSPS) is 12.6. The maximum Gasteiger partial charge on any atom is 0.417 e. The molecule has 3 rings (SSSR count). The van der Waals surface area contributed by atoms with Gasteiger partial charge in [-0.2, -0.15) is 13.2 Å². The molecule has 0 saturated carbocycles. The second-order valence-electron chi connectivity index (χ2n) is 10.6. The summed E-state index contributed by atoms with van der Waals surface area (Å²) in [7, 11) is -4.54. The minimum absolute atomic E-state index is 0.0274. The van der Waals surface area contributed by atoms with Crippen molar-refractivity contribution in [3.05, 3.63) is 94.5 Å². The molecule has 1 atom stereocenters. The van der Waals surface area contributed by atoms with Gasteiger partial charge in [-0.15, -0.1) is 0 Å². The lowest BCUT2D eigenvalue weighted by Crippen LogP contribution is -2.52. The van der Waals surface area contributed by atoms with Crippen molar-refractivity contribution in [3.8, 4) is 0 Å². The molecule has 1 unspecified atom stereocenters. The molecule has 0 radical (unpaired) electrons. The molecule has 0 fully saturated rings. The third-order valence-electron chi connectivity index (χ3n) is 6.70. The maximum absolute atomic E-state index is 14.1.